The van der Waals surface area contributed by atoms with E-state index in [4.69, 9.17) is 0 Å². The number of benzene rings is 2. The van der Waals surface area contributed by atoms with Gasteiger partial charge in [-0.05, 0) is 61.2 Å². The predicted molar refractivity (Wildman–Crippen MR) is 111 cm³/mol. The first-order valence-corrected chi connectivity index (χ1v) is 11.3. The number of unbranched alkanes of at least 4 members (excludes halogenated alkanes) is 1. The van der Waals surface area contributed by atoms with E-state index in [-0.39, 0.29) is 12.1 Å². The first kappa shape index (κ1) is 21.9. The Bertz CT molecular complexity index is 881. The number of carbonyl (C=O) groups is 1. The van der Waals surface area contributed by atoms with Gasteiger partial charge in [-0.1, -0.05) is 32.4 Å². The lowest BCUT2D eigenvalue weighted by molar-refractivity contribution is -0.117. The number of amides is 1. The molecule has 0 unspecified atom stereocenters. The van der Waals surface area contributed by atoms with Gasteiger partial charge in [0.05, 0.1) is 11.9 Å². The van der Waals surface area contributed by atoms with Gasteiger partial charge in [-0.25, -0.2) is 12.8 Å². The molecule has 2 aromatic rings. The Kier molecular flexibility index (Phi) is 7.57. The van der Waals surface area contributed by atoms with Crippen molar-refractivity contribution in [1.82, 2.24) is 0 Å². The number of aryl methyl sites for hydroxylation is 1. The first-order valence-electron chi connectivity index (χ1n) is 9.41. The third-order valence-electron chi connectivity index (χ3n) is 4.45. The van der Waals surface area contributed by atoms with Crippen LogP contribution in [0.2, 0.25) is 0 Å². The molecule has 0 saturated heterocycles. The van der Waals surface area contributed by atoms with Gasteiger partial charge in [-0.15, -0.1) is 0 Å². The van der Waals surface area contributed by atoms with E-state index in [1.807, 2.05) is 24.3 Å². The molecule has 28 heavy (non-hydrogen) atoms. The lowest BCUT2D eigenvalue weighted by Crippen LogP contribution is -2.47. The highest BCUT2D eigenvalue weighted by molar-refractivity contribution is 7.92. The predicted octanol–water partition coefficient (Wildman–Crippen LogP) is 4.35. The number of halogens is 1. The molecule has 2 rings (SSSR count). The van der Waals surface area contributed by atoms with Crippen LogP contribution >= 0.6 is 0 Å². The summed E-state index contributed by atoms with van der Waals surface area (Å²) in [6.45, 7) is 3.87. The molecule has 2 aromatic carbocycles. The average Bonchev–Trinajstić information content (AvgIpc) is 2.65. The van der Waals surface area contributed by atoms with Crippen LogP contribution in [0.25, 0.3) is 0 Å². The van der Waals surface area contributed by atoms with E-state index in [1.54, 1.807) is 6.92 Å². The zero-order valence-corrected chi connectivity index (χ0v) is 17.3. The van der Waals surface area contributed by atoms with Crippen LogP contribution in [-0.2, 0) is 21.2 Å². The fourth-order valence-electron chi connectivity index (χ4n) is 3.01. The minimum Gasteiger partial charge on any atom is -0.324 e. The maximum Gasteiger partial charge on any atom is 0.248 e. The summed E-state index contributed by atoms with van der Waals surface area (Å²) in [7, 11) is -3.75. The molecule has 152 valence electrons. The number of anilines is 2. The van der Waals surface area contributed by atoms with Gasteiger partial charge < -0.3 is 5.32 Å². The van der Waals surface area contributed by atoms with Crippen molar-refractivity contribution >= 4 is 27.3 Å². The fourth-order valence-corrected chi connectivity index (χ4v) is 4.22. The van der Waals surface area contributed by atoms with Gasteiger partial charge in [0.25, 0.3) is 0 Å². The van der Waals surface area contributed by atoms with Crippen LogP contribution in [0, 0.1) is 5.82 Å². The molecule has 1 N–H and O–H groups in total. The third-order valence-corrected chi connectivity index (χ3v) is 5.63. The Hall–Kier alpha value is -2.41. The Morgan fingerprint density at radius 3 is 2.18 bits per heavy atom. The normalized spacial score (nSPS) is 12.4. The molecule has 5 nitrogen and oxygen atoms in total. The molecule has 1 atom stereocenters. The van der Waals surface area contributed by atoms with Crippen molar-refractivity contribution in [1.29, 1.82) is 0 Å². The lowest BCUT2D eigenvalue weighted by atomic mass is 10.1. The van der Waals surface area contributed by atoms with Gasteiger partial charge in [-0.2, -0.15) is 0 Å². The van der Waals surface area contributed by atoms with E-state index in [2.05, 4.69) is 12.2 Å². The molecule has 0 aliphatic rings. The number of nitrogens with one attached hydrogen (secondary N) is 1. The van der Waals surface area contributed by atoms with Crippen molar-refractivity contribution in [3.05, 3.63) is 59.9 Å². The third kappa shape index (κ3) is 5.79. The molecule has 1 amide bonds. The standard InChI is InChI=1S/C21H27FN2O3S/c1-4-6-7-16-8-12-18(13-9-16)23-21(25)20(5-2)24(28(3,26)27)19-14-10-17(22)11-15-19/h8-15,20H,4-7H2,1-3H3,(H,23,25)/t20-/m1/s1. The first-order chi connectivity index (χ1) is 13.3. The molecule has 7 heteroatoms. The Labute approximate surface area is 166 Å². The van der Waals surface area contributed by atoms with Crippen molar-refractivity contribution < 1.29 is 17.6 Å². The molecule has 0 bridgehead atoms. The van der Waals surface area contributed by atoms with E-state index >= 15 is 0 Å². The Morgan fingerprint density at radius 1 is 1.07 bits per heavy atom. The quantitative estimate of drug-likeness (QED) is 0.673. The molecule has 0 aliphatic carbocycles. The second kappa shape index (κ2) is 9.68. The van der Waals surface area contributed by atoms with E-state index in [1.165, 1.54) is 29.8 Å². The van der Waals surface area contributed by atoms with Crippen molar-refractivity contribution in [2.45, 2.75) is 45.6 Å². The van der Waals surface area contributed by atoms with Gasteiger partial charge in [0.15, 0.2) is 0 Å². The van der Waals surface area contributed by atoms with Crippen LogP contribution < -0.4 is 9.62 Å². The fraction of sp³-hybridized carbons (Fsp3) is 0.381. The summed E-state index contributed by atoms with van der Waals surface area (Å²) in [6.07, 6.45) is 4.50. The van der Waals surface area contributed by atoms with Gasteiger partial charge in [0.1, 0.15) is 11.9 Å². The molecular formula is C21H27FN2O3S. The molecule has 0 radical (unpaired) electrons. The van der Waals surface area contributed by atoms with Gasteiger partial charge in [-0.3, -0.25) is 9.10 Å². The topological polar surface area (TPSA) is 66.5 Å². The summed E-state index contributed by atoms with van der Waals surface area (Å²) >= 11 is 0. The van der Waals surface area contributed by atoms with Crippen LogP contribution in [0.4, 0.5) is 15.8 Å². The molecule has 0 heterocycles. The Balaban J connectivity index is 2.23. The van der Waals surface area contributed by atoms with Crippen molar-refractivity contribution in [2.24, 2.45) is 0 Å². The van der Waals surface area contributed by atoms with Crippen molar-refractivity contribution in [3.63, 3.8) is 0 Å². The minimum atomic E-state index is -3.75. The summed E-state index contributed by atoms with van der Waals surface area (Å²) in [6, 6.07) is 11.7. The second-order valence-electron chi connectivity index (χ2n) is 6.75. The summed E-state index contributed by atoms with van der Waals surface area (Å²) in [5.74, 6) is -0.906. The highest BCUT2D eigenvalue weighted by atomic mass is 32.2. The highest BCUT2D eigenvalue weighted by Gasteiger charge is 2.31. The van der Waals surface area contributed by atoms with E-state index < -0.39 is 27.8 Å². The SMILES string of the molecule is CCCCc1ccc(NC(=O)[C@@H](CC)N(c2ccc(F)cc2)S(C)(=O)=O)cc1. The van der Waals surface area contributed by atoms with Crippen LogP contribution in [-0.4, -0.2) is 26.6 Å². The largest absolute Gasteiger partial charge is 0.324 e. The maximum atomic E-state index is 13.2. The molecule has 0 aliphatic heterocycles. The van der Waals surface area contributed by atoms with Gasteiger partial charge >= 0.3 is 0 Å². The minimum absolute atomic E-state index is 0.251. The van der Waals surface area contributed by atoms with Crippen LogP contribution in [0.3, 0.4) is 0 Å². The van der Waals surface area contributed by atoms with Gasteiger partial charge in [0.2, 0.25) is 15.9 Å². The molecular weight excluding hydrogens is 379 g/mol. The summed E-state index contributed by atoms with van der Waals surface area (Å²) in [5, 5.41) is 2.79. The zero-order chi connectivity index (χ0) is 20.7. The molecule has 0 saturated carbocycles. The monoisotopic (exact) mass is 406 g/mol. The lowest BCUT2D eigenvalue weighted by Gasteiger charge is -2.30. The van der Waals surface area contributed by atoms with Crippen LogP contribution in [0.1, 0.15) is 38.7 Å². The molecule has 0 aromatic heterocycles. The smallest absolute Gasteiger partial charge is 0.248 e. The van der Waals surface area contributed by atoms with E-state index in [9.17, 15) is 17.6 Å². The summed E-state index contributed by atoms with van der Waals surface area (Å²) in [5.41, 5.74) is 2.05. The number of carbonyl (C=O) groups excluding carboxylic acids is 1. The molecule has 0 spiro atoms. The zero-order valence-electron chi connectivity index (χ0n) is 16.5. The van der Waals surface area contributed by atoms with Gasteiger partial charge in [0, 0.05) is 5.69 Å². The highest BCUT2D eigenvalue weighted by Crippen LogP contribution is 2.24. The number of nitrogens with zero attached hydrogens (tertiary/aromatic N) is 1. The number of rotatable bonds is 9. The number of sulfonamides is 1. The van der Waals surface area contributed by atoms with Crippen LogP contribution in [0.15, 0.2) is 48.5 Å². The maximum absolute atomic E-state index is 13.2. The average molecular weight is 407 g/mol. The van der Waals surface area contributed by atoms with Crippen molar-refractivity contribution in [2.75, 3.05) is 15.9 Å². The van der Waals surface area contributed by atoms with E-state index in [0.29, 0.717) is 5.69 Å². The molecule has 0 fully saturated rings. The second-order valence-corrected chi connectivity index (χ2v) is 8.61. The summed E-state index contributed by atoms with van der Waals surface area (Å²) < 4.78 is 39.0. The van der Waals surface area contributed by atoms with Crippen LogP contribution in [0.5, 0.6) is 0 Å². The number of hydrogen-bond donors (Lipinski definition) is 1. The van der Waals surface area contributed by atoms with Crippen molar-refractivity contribution in [3.8, 4) is 0 Å². The Morgan fingerprint density at radius 2 is 1.68 bits per heavy atom. The van der Waals surface area contributed by atoms with E-state index in [0.717, 1.165) is 29.8 Å². The summed E-state index contributed by atoms with van der Waals surface area (Å²) in [4.78, 5) is 12.8. The number of hydrogen-bond acceptors (Lipinski definition) is 3.